The molecule has 2 rings (SSSR count). The normalized spacial score (nSPS) is 13.4. The molecule has 0 bridgehead atoms. The topological polar surface area (TPSA) is 54.5 Å². The van der Waals surface area contributed by atoms with Gasteiger partial charge in [0.1, 0.15) is 5.69 Å². The summed E-state index contributed by atoms with van der Waals surface area (Å²) in [7, 11) is 1.36. The summed E-state index contributed by atoms with van der Waals surface area (Å²) < 4.78 is 4.60. The summed E-state index contributed by atoms with van der Waals surface area (Å²) in [6.45, 7) is 3.91. The van der Waals surface area contributed by atoms with Gasteiger partial charge < -0.3 is 15.0 Å². The summed E-state index contributed by atoms with van der Waals surface area (Å²) in [6, 6.07) is 3.60. The van der Waals surface area contributed by atoms with Gasteiger partial charge in [0.2, 0.25) is 0 Å². The molecule has 19 heavy (non-hydrogen) atoms. The molecule has 110 valence electrons. The summed E-state index contributed by atoms with van der Waals surface area (Å²) >= 11 is 0. The van der Waals surface area contributed by atoms with Crippen LogP contribution in [-0.2, 0) is 4.74 Å². The predicted octanol–water partition coefficient (Wildman–Crippen LogP) is 1.54. The van der Waals surface area contributed by atoms with Crippen LogP contribution in [0, 0.1) is 0 Å². The third-order valence-corrected chi connectivity index (χ3v) is 2.62. The van der Waals surface area contributed by atoms with Crippen molar-refractivity contribution in [1.29, 1.82) is 0 Å². The zero-order chi connectivity index (χ0) is 11.4. The largest absolute Gasteiger partial charge is 0.464 e. The number of rotatable bonds is 2. The molecule has 0 radical (unpaired) electrons. The van der Waals surface area contributed by atoms with E-state index in [1.807, 2.05) is 6.07 Å². The molecule has 0 amide bonds. The van der Waals surface area contributed by atoms with E-state index in [1.54, 1.807) is 12.3 Å². The fourth-order valence-electron chi connectivity index (χ4n) is 1.72. The van der Waals surface area contributed by atoms with Gasteiger partial charge in [-0.3, -0.25) is 0 Å². The minimum Gasteiger partial charge on any atom is -0.464 e. The third-order valence-electron chi connectivity index (χ3n) is 2.62. The van der Waals surface area contributed by atoms with E-state index in [1.165, 1.54) is 7.11 Å². The number of hydrogen-bond acceptors (Lipinski definition) is 5. The van der Waals surface area contributed by atoms with Crippen molar-refractivity contribution >= 4 is 48.9 Å². The van der Waals surface area contributed by atoms with Crippen LogP contribution in [0.2, 0.25) is 0 Å². The van der Waals surface area contributed by atoms with Gasteiger partial charge in [0, 0.05) is 26.2 Å². The zero-order valence-electron chi connectivity index (χ0n) is 10.5. The Labute approximate surface area is 131 Å². The zero-order valence-corrected chi connectivity index (χ0v) is 12.9. The number of anilines is 1. The van der Waals surface area contributed by atoms with E-state index in [2.05, 4.69) is 19.9 Å². The predicted molar refractivity (Wildman–Crippen MR) is 82.4 cm³/mol. The number of carbonyl (C=O) groups excluding carboxylic acids is 1. The maximum atomic E-state index is 11.2. The van der Waals surface area contributed by atoms with E-state index >= 15 is 0 Å². The summed E-state index contributed by atoms with van der Waals surface area (Å²) in [5, 5.41) is 3.29. The standard InChI is InChI=1S/C11H15N3O2.3ClH/c1-16-11(15)10-3-2-9(8-13-10)14-6-4-12-5-7-14;;;/h2-3,8,12H,4-7H2,1H3;3*1H. The molecular formula is C11H18Cl3N3O2. The Morgan fingerprint density at radius 3 is 2.37 bits per heavy atom. The van der Waals surface area contributed by atoms with Gasteiger partial charge in [0.05, 0.1) is 19.0 Å². The molecule has 0 aromatic carbocycles. The number of aromatic nitrogens is 1. The van der Waals surface area contributed by atoms with Crippen LogP contribution in [0.5, 0.6) is 0 Å². The first-order chi connectivity index (χ1) is 7.81. The highest BCUT2D eigenvalue weighted by Crippen LogP contribution is 2.13. The Kier molecular flexibility index (Phi) is 10.9. The van der Waals surface area contributed by atoms with Crippen LogP contribution in [0.25, 0.3) is 0 Å². The quantitative estimate of drug-likeness (QED) is 0.834. The highest BCUT2D eigenvalue weighted by atomic mass is 35.5. The van der Waals surface area contributed by atoms with Gasteiger partial charge in [0.15, 0.2) is 0 Å². The van der Waals surface area contributed by atoms with Gasteiger partial charge in [-0.1, -0.05) is 0 Å². The lowest BCUT2D eigenvalue weighted by Crippen LogP contribution is -2.43. The molecule has 0 spiro atoms. The molecule has 0 unspecified atom stereocenters. The average molecular weight is 331 g/mol. The summed E-state index contributed by atoms with van der Waals surface area (Å²) in [5.41, 5.74) is 1.40. The van der Waals surface area contributed by atoms with Crippen molar-refractivity contribution in [3.63, 3.8) is 0 Å². The Balaban J connectivity index is 0. The van der Waals surface area contributed by atoms with Crippen molar-refractivity contribution in [3.8, 4) is 0 Å². The van der Waals surface area contributed by atoms with Crippen molar-refractivity contribution in [2.45, 2.75) is 0 Å². The smallest absolute Gasteiger partial charge is 0.356 e. The highest BCUT2D eigenvalue weighted by molar-refractivity contribution is 5.87. The molecule has 1 aromatic heterocycles. The second-order valence-corrected chi connectivity index (χ2v) is 3.63. The van der Waals surface area contributed by atoms with Gasteiger partial charge >= 0.3 is 5.97 Å². The van der Waals surface area contributed by atoms with Crippen LogP contribution in [0.1, 0.15) is 10.5 Å². The minimum atomic E-state index is -0.396. The number of nitrogens with zero attached hydrogens (tertiary/aromatic N) is 2. The van der Waals surface area contributed by atoms with Crippen molar-refractivity contribution in [1.82, 2.24) is 10.3 Å². The lowest BCUT2D eigenvalue weighted by atomic mass is 10.3. The molecule has 1 saturated heterocycles. The molecule has 2 heterocycles. The van der Waals surface area contributed by atoms with Crippen LogP contribution in [-0.4, -0.2) is 44.2 Å². The number of methoxy groups -OCH3 is 1. The van der Waals surface area contributed by atoms with Crippen molar-refractivity contribution in [2.75, 3.05) is 38.2 Å². The number of nitrogens with one attached hydrogen (secondary N) is 1. The van der Waals surface area contributed by atoms with E-state index in [9.17, 15) is 4.79 Å². The number of carbonyl (C=O) groups is 1. The molecule has 0 atom stereocenters. The molecule has 5 nitrogen and oxygen atoms in total. The molecular weight excluding hydrogens is 312 g/mol. The van der Waals surface area contributed by atoms with Crippen LogP contribution in [0.15, 0.2) is 18.3 Å². The molecule has 0 aliphatic carbocycles. The average Bonchev–Trinajstić information content (AvgIpc) is 2.39. The monoisotopic (exact) mass is 329 g/mol. The molecule has 1 aromatic rings. The summed E-state index contributed by atoms with van der Waals surface area (Å²) in [5.74, 6) is -0.396. The Bertz CT molecular complexity index is 370. The van der Waals surface area contributed by atoms with Gasteiger partial charge in [-0.25, -0.2) is 9.78 Å². The highest BCUT2D eigenvalue weighted by Gasteiger charge is 2.12. The van der Waals surface area contributed by atoms with E-state index < -0.39 is 5.97 Å². The summed E-state index contributed by atoms with van der Waals surface area (Å²) in [4.78, 5) is 17.5. The number of pyridine rings is 1. The fraction of sp³-hybridized carbons (Fsp3) is 0.455. The SMILES string of the molecule is COC(=O)c1ccc(N2CCNCC2)cn1.Cl.Cl.Cl. The third kappa shape index (κ3) is 5.40. The first-order valence-corrected chi connectivity index (χ1v) is 5.31. The van der Waals surface area contributed by atoms with Crippen LogP contribution < -0.4 is 10.2 Å². The summed E-state index contributed by atoms with van der Waals surface area (Å²) in [6.07, 6.45) is 1.72. The fourth-order valence-corrected chi connectivity index (χ4v) is 1.72. The Hall–Kier alpha value is -0.750. The molecule has 0 saturated carbocycles. The Morgan fingerprint density at radius 2 is 1.89 bits per heavy atom. The van der Waals surface area contributed by atoms with Crippen LogP contribution >= 0.6 is 37.2 Å². The van der Waals surface area contributed by atoms with E-state index in [-0.39, 0.29) is 37.2 Å². The molecule has 1 aliphatic heterocycles. The maximum absolute atomic E-state index is 11.2. The number of esters is 1. The molecule has 1 aliphatic rings. The maximum Gasteiger partial charge on any atom is 0.356 e. The molecule has 1 N–H and O–H groups in total. The van der Waals surface area contributed by atoms with Crippen molar-refractivity contribution in [2.24, 2.45) is 0 Å². The molecule has 8 heteroatoms. The van der Waals surface area contributed by atoms with Crippen LogP contribution in [0.3, 0.4) is 0 Å². The van der Waals surface area contributed by atoms with Crippen molar-refractivity contribution in [3.05, 3.63) is 24.0 Å². The lowest BCUT2D eigenvalue weighted by Gasteiger charge is -2.29. The van der Waals surface area contributed by atoms with Gasteiger partial charge in [-0.15, -0.1) is 37.2 Å². The first-order valence-electron chi connectivity index (χ1n) is 5.31. The lowest BCUT2D eigenvalue weighted by molar-refractivity contribution is 0.0594. The number of piperazine rings is 1. The van der Waals surface area contributed by atoms with Gasteiger partial charge in [-0.2, -0.15) is 0 Å². The number of halogens is 3. The van der Waals surface area contributed by atoms with E-state index in [0.29, 0.717) is 5.69 Å². The van der Waals surface area contributed by atoms with E-state index in [4.69, 9.17) is 0 Å². The number of ether oxygens (including phenoxy) is 1. The second-order valence-electron chi connectivity index (χ2n) is 3.63. The van der Waals surface area contributed by atoms with Gasteiger partial charge in [-0.05, 0) is 12.1 Å². The van der Waals surface area contributed by atoms with Gasteiger partial charge in [0.25, 0.3) is 0 Å². The minimum absolute atomic E-state index is 0. The second kappa shape index (κ2) is 10.1. The van der Waals surface area contributed by atoms with E-state index in [0.717, 1.165) is 31.9 Å². The molecule has 1 fully saturated rings. The first kappa shape index (κ1) is 20.6. The van der Waals surface area contributed by atoms with Crippen LogP contribution in [0.4, 0.5) is 5.69 Å². The van der Waals surface area contributed by atoms with Crippen molar-refractivity contribution < 1.29 is 9.53 Å². The Morgan fingerprint density at radius 1 is 1.26 bits per heavy atom. The number of hydrogen-bond donors (Lipinski definition) is 1.